The topological polar surface area (TPSA) is 48.3 Å². The number of aromatic nitrogens is 2. The predicted octanol–water partition coefficient (Wildman–Crippen LogP) is 1.98. The Hall–Kier alpha value is -1.85. The number of hydrogen-bond donors (Lipinski definition) is 1. The zero-order chi connectivity index (χ0) is 15.1. The standard InChI is InChI=1S/C16H23N3O2/c1-13-4-5-16(21-3)14(10-13)12-19-8-6-15(18-19)11-17-7-9-20-2/h4-6,8,10,17H,7,9,11-12H2,1-3H3. The van der Waals surface area contributed by atoms with E-state index >= 15 is 0 Å². The first-order valence-corrected chi connectivity index (χ1v) is 7.08. The highest BCUT2D eigenvalue weighted by atomic mass is 16.5. The minimum absolute atomic E-state index is 0.710. The number of nitrogens with zero attached hydrogens (tertiary/aromatic N) is 2. The lowest BCUT2D eigenvalue weighted by Crippen LogP contribution is -2.19. The van der Waals surface area contributed by atoms with E-state index < -0.39 is 0 Å². The molecule has 0 aliphatic rings. The molecule has 5 heteroatoms. The van der Waals surface area contributed by atoms with E-state index in [9.17, 15) is 0 Å². The molecule has 0 spiro atoms. The average Bonchev–Trinajstić information content (AvgIpc) is 2.91. The molecular weight excluding hydrogens is 266 g/mol. The van der Waals surface area contributed by atoms with Gasteiger partial charge in [0.15, 0.2) is 0 Å². The molecule has 2 rings (SSSR count). The van der Waals surface area contributed by atoms with E-state index in [1.807, 2.05) is 23.0 Å². The Morgan fingerprint density at radius 3 is 2.86 bits per heavy atom. The molecule has 21 heavy (non-hydrogen) atoms. The van der Waals surface area contributed by atoms with E-state index in [0.717, 1.165) is 30.1 Å². The van der Waals surface area contributed by atoms with E-state index in [1.165, 1.54) is 5.56 Å². The van der Waals surface area contributed by atoms with Crippen molar-refractivity contribution in [3.8, 4) is 5.75 Å². The lowest BCUT2D eigenvalue weighted by molar-refractivity contribution is 0.199. The van der Waals surface area contributed by atoms with Crippen molar-refractivity contribution in [2.75, 3.05) is 27.4 Å². The second-order valence-corrected chi connectivity index (χ2v) is 4.99. The maximum atomic E-state index is 5.40. The number of benzene rings is 1. The minimum Gasteiger partial charge on any atom is -0.496 e. The third-order valence-corrected chi connectivity index (χ3v) is 3.25. The summed E-state index contributed by atoms with van der Waals surface area (Å²) < 4.78 is 12.3. The smallest absolute Gasteiger partial charge is 0.123 e. The van der Waals surface area contributed by atoms with Crippen molar-refractivity contribution in [2.24, 2.45) is 0 Å². The maximum absolute atomic E-state index is 5.40. The van der Waals surface area contributed by atoms with Crippen LogP contribution in [0.15, 0.2) is 30.5 Å². The normalized spacial score (nSPS) is 10.8. The fourth-order valence-electron chi connectivity index (χ4n) is 2.18. The molecule has 1 aromatic heterocycles. The van der Waals surface area contributed by atoms with Crippen LogP contribution >= 0.6 is 0 Å². The van der Waals surface area contributed by atoms with Gasteiger partial charge >= 0.3 is 0 Å². The summed E-state index contributed by atoms with van der Waals surface area (Å²) in [6.45, 7) is 5.08. The number of aryl methyl sites for hydroxylation is 1. The van der Waals surface area contributed by atoms with Crippen molar-refractivity contribution in [3.63, 3.8) is 0 Å². The Labute approximate surface area is 125 Å². The van der Waals surface area contributed by atoms with Crippen LogP contribution in [0.5, 0.6) is 5.75 Å². The van der Waals surface area contributed by atoms with Gasteiger partial charge in [0.2, 0.25) is 0 Å². The highest BCUT2D eigenvalue weighted by molar-refractivity contribution is 5.36. The quantitative estimate of drug-likeness (QED) is 0.755. The molecule has 0 bridgehead atoms. The van der Waals surface area contributed by atoms with Gasteiger partial charge in [-0.2, -0.15) is 5.10 Å². The fraction of sp³-hybridized carbons (Fsp3) is 0.438. The summed E-state index contributed by atoms with van der Waals surface area (Å²) in [6, 6.07) is 8.22. The van der Waals surface area contributed by atoms with Gasteiger partial charge in [-0.05, 0) is 19.1 Å². The number of nitrogens with one attached hydrogen (secondary N) is 1. The first-order chi connectivity index (χ1) is 10.2. The lowest BCUT2D eigenvalue weighted by Gasteiger charge is -2.09. The molecule has 0 radical (unpaired) electrons. The summed E-state index contributed by atoms with van der Waals surface area (Å²) in [5.74, 6) is 0.899. The van der Waals surface area contributed by atoms with Crippen molar-refractivity contribution < 1.29 is 9.47 Å². The molecule has 0 fully saturated rings. The van der Waals surface area contributed by atoms with Crippen molar-refractivity contribution in [2.45, 2.75) is 20.0 Å². The molecular formula is C16H23N3O2. The van der Waals surface area contributed by atoms with Crippen LogP contribution in [0.1, 0.15) is 16.8 Å². The zero-order valence-electron chi connectivity index (χ0n) is 12.9. The summed E-state index contributed by atoms with van der Waals surface area (Å²) in [4.78, 5) is 0. The van der Waals surface area contributed by atoms with Gasteiger partial charge in [-0.15, -0.1) is 0 Å². The van der Waals surface area contributed by atoms with Crippen LogP contribution in [0, 0.1) is 6.92 Å². The second kappa shape index (κ2) is 7.81. The van der Waals surface area contributed by atoms with Gasteiger partial charge in [0.1, 0.15) is 5.75 Å². The van der Waals surface area contributed by atoms with Crippen LogP contribution in [-0.4, -0.2) is 37.2 Å². The largest absolute Gasteiger partial charge is 0.496 e. The molecule has 1 N–H and O–H groups in total. The molecule has 1 aromatic carbocycles. The van der Waals surface area contributed by atoms with Crippen LogP contribution in [0.25, 0.3) is 0 Å². The summed E-state index contributed by atoms with van der Waals surface area (Å²) >= 11 is 0. The van der Waals surface area contributed by atoms with Crippen LogP contribution in [0.2, 0.25) is 0 Å². The minimum atomic E-state index is 0.710. The number of hydrogen-bond acceptors (Lipinski definition) is 4. The lowest BCUT2D eigenvalue weighted by atomic mass is 10.1. The third-order valence-electron chi connectivity index (χ3n) is 3.25. The van der Waals surface area contributed by atoms with Crippen LogP contribution in [-0.2, 0) is 17.8 Å². The van der Waals surface area contributed by atoms with E-state index in [1.54, 1.807) is 14.2 Å². The molecule has 2 aromatic rings. The predicted molar refractivity (Wildman–Crippen MR) is 82.6 cm³/mol. The fourth-order valence-corrected chi connectivity index (χ4v) is 2.18. The summed E-state index contributed by atoms with van der Waals surface area (Å²) in [5.41, 5.74) is 3.39. The average molecular weight is 289 g/mol. The van der Waals surface area contributed by atoms with E-state index in [2.05, 4.69) is 29.5 Å². The van der Waals surface area contributed by atoms with Gasteiger partial charge in [-0.25, -0.2) is 0 Å². The maximum Gasteiger partial charge on any atom is 0.123 e. The van der Waals surface area contributed by atoms with Crippen LogP contribution in [0.4, 0.5) is 0 Å². The van der Waals surface area contributed by atoms with E-state index in [-0.39, 0.29) is 0 Å². The number of rotatable bonds is 8. The van der Waals surface area contributed by atoms with Gasteiger partial charge in [0, 0.05) is 32.0 Å². The molecule has 5 nitrogen and oxygen atoms in total. The Balaban J connectivity index is 1.97. The summed E-state index contributed by atoms with van der Waals surface area (Å²) in [5, 5.41) is 7.85. The molecule has 0 aliphatic heterocycles. The van der Waals surface area contributed by atoms with E-state index in [0.29, 0.717) is 13.2 Å². The van der Waals surface area contributed by atoms with Crippen molar-refractivity contribution in [1.29, 1.82) is 0 Å². The first-order valence-electron chi connectivity index (χ1n) is 7.08. The summed E-state index contributed by atoms with van der Waals surface area (Å²) in [7, 11) is 3.40. The molecule has 0 aliphatic carbocycles. The van der Waals surface area contributed by atoms with Gasteiger partial charge in [-0.3, -0.25) is 4.68 Å². The van der Waals surface area contributed by atoms with Crippen molar-refractivity contribution in [1.82, 2.24) is 15.1 Å². The Kier molecular flexibility index (Phi) is 5.78. The molecule has 0 saturated carbocycles. The van der Waals surface area contributed by atoms with Gasteiger partial charge < -0.3 is 14.8 Å². The molecule has 0 amide bonds. The Morgan fingerprint density at radius 1 is 1.24 bits per heavy atom. The SMILES string of the molecule is COCCNCc1ccn(Cc2cc(C)ccc2OC)n1. The monoisotopic (exact) mass is 289 g/mol. The van der Waals surface area contributed by atoms with Crippen molar-refractivity contribution in [3.05, 3.63) is 47.3 Å². The Bertz CT molecular complexity index is 566. The van der Waals surface area contributed by atoms with Gasteiger partial charge in [-0.1, -0.05) is 17.7 Å². The summed E-state index contributed by atoms with van der Waals surface area (Å²) in [6.07, 6.45) is 2.00. The Morgan fingerprint density at radius 2 is 2.10 bits per heavy atom. The number of methoxy groups -OCH3 is 2. The zero-order valence-corrected chi connectivity index (χ0v) is 12.9. The molecule has 0 unspecified atom stereocenters. The molecule has 0 atom stereocenters. The van der Waals surface area contributed by atoms with E-state index in [4.69, 9.17) is 9.47 Å². The van der Waals surface area contributed by atoms with Crippen molar-refractivity contribution >= 4 is 0 Å². The first kappa shape index (κ1) is 15.5. The molecule has 1 heterocycles. The highest BCUT2D eigenvalue weighted by Crippen LogP contribution is 2.20. The molecule has 0 saturated heterocycles. The van der Waals surface area contributed by atoms with Gasteiger partial charge in [0.05, 0.1) is 26.0 Å². The number of ether oxygens (including phenoxy) is 2. The van der Waals surface area contributed by atoms with Crippen LogP contribution < -0.4 is 10.1 Å². The van der Waals surface area contributed by atoms with Crippen LogP contribution in [0.3, 0.4) is 0 Å². The third kappa shape index (κ3) is 4.58. The highest BCUT2D eigenvalue weighted by Gasteiger charge is 2.05. The second-order valence-electron chi connectivity index (χ2n) is 4.99. The molecule has 114 valence electrons. The van der Waals surface area contributed by atoms with Gasteiger partial charge in [0.25, 0.3) is 0 Å².